The van der Waals surface area contributed by atoms with Crippen molar-refractivity contribution in [3.05, 3.63) is 22.5 Å². The number of hydrogen-bond donors (Lipinski definition) is 0. The Balaban J connectivity index is 0.00000211. The summed E-state index contributed by atoms with van der Waals surface area (Å²) in [6.07, 6.45) is 0. The van der Waals surface area contributed by atoms with Crippen LogP contribution in [0.1, 0.15) is 135 Å². The van der Waals surface area contributed by atoms with Crippen molar-refractivity contribution in [3.63, 3.8) is 0 Å². The average Bonchev–Trinajstić information content (AvgIpc) is 2.77. The molecule has 0 unspecified atom stereocenters. The minimum atomic E-state index is 0.537. The van der Waals surface area contributed by atoms with Gasteiger partial charge in [0, 0.05) is 17.4 Å². The number of aromatic nitrogens is 1. The molecule has 0 aliphatic rings. The molecule has 1 nitrogen and oxygen atoms in total. The van der Waals surface area contributed by atoms with Crippen molar-refractivity contribution in [2.45, 2.75) is 113 Å². The molecular weight excluding hydrogens is 266 g/mol. The van der Waals surface area contributed by atoms with Gasteiger partial charge < -0.3 is 4.57 Å². The van der Waals surface area contributed by atoms with Crippen molar-refractivity contribution in [2.24, 2.45) is 0 Å². The lowest BCUT2D eigenvalue weighted by molar-refractivity contribution is 0.520. The van der Waals surface area contributed by atoms with Crippen LogP contribution in [0.2, 0.25) is 0 Å². The van der Waals surface area contributed by atoms with Crippen molar-refractivity contribution < 1.29 is 0 Å². The number of nitrogens with zero attached hydrogens (tertiary/aromatic N) is 1. The summed E-state index contributed by atoms with van der Waals surface area (Å²) in [5.41, 5.74) is 6.38. The van der Waals surface area contributed by atoms with Crippen molar-refractivity contribution in [3.8, 4) is 0 Å². The van der Waals surface area contributed by atoms with Gasteiger partial charge in [-0.3, -0.25) is 0 Å². The molecule has 1 rings (SSSR count). The molecule has 0 bridgehead atoms. The molecule has 130 valence electrons. The van der Waals surface area contributed by atoms with E-state index in [4.69, 9.17) is 0 Å². The Morgan fingerprint density at radius 1 is 0.500 bits per heavy atom. The highest BCUT2D eigenvalue weighted by atomic mass is 15.0. The van der Waals surface area contributed by atoms with Gasteiger partial charge in [0.05, 0.1) is 0 Å². The van der Waals surface area contributed by atoms with Crippen LogP contribution in [0, 0.1) is 0 Å². The van der Waals surface area contributed by atoms with Crippen molar-refractivity contribution in [1.29, 1.82) is 0 Å². The Bertz CT molecular complexity index is 330. The SMILES string of the molecule is CC.CC(C)c1c(C(C)C)c(C(C)C)n(C(C)C)c1C(C)C. The van der Waals surface area contributed by atoms with E-state index in [9.17, 15) is 0 Å². The highest BCUT2D eigenvalue weighted by molar-refractivity contribution is 5.46. The number of rotatable bonds is 5. The van der Waals surface area contributed by atoms with Gasteiger partial charge in [-0.1, -0.05) is 69.2 Å². The van der Waals surface area contributed by atoms with E-state index in [0.29, 0.717) is 29.7 Å². The second-order valence-electron chi connectivity index (χ2n) is 7.68. The topological polar surface area (TPSA) is 4.93 Å². The minimum absolute atomic E-state index is 0.537. The van der Waals surface area contributed by atoms with Gasteiger partial charge in [-0.2, -0.15) is 0 Å². The molecule has 1 heterocycles. The first kappa shape index (κ1) is 21.3. The Morgan fingerprint density at radius 2 is 0.773 bits per heavy atom. The highest BCUT2D eigenvalue weighted by Crippen LogP contribution is 2.42. The van der Waals surface area contributed by atoms with Crippen LogP contribution in [0.15, 0.2) is 0 Å². The molecule has 1 aromatic heterocycles. The Kier molecular flexibility index (Phi) is 8.51. The summed E-state index contributed by atoms with van der Waals surface area (Å²) in [6.45, 7) is 27.4. The zero-order valence-corrected chi connectivity index (χ0v) is 17.3. The third-order valence-electron chi connectivity index (χ3n) is 4.13. The van der Waals surface area contributed by atoms with E-state index in [2.05, 4.69) is 73.8 Å². The molecule has 0 saturated carbocycles. The summed E-state index contributed by atoms with van der Waals surface area (Å²) in [7, 11) is 0. The lowest BCUT2D eigenvalue weighted by atomic mass is 9.87. The third-order valence-corrected chi connectivity index (χ3v) is 4.13. The highest BCUT2D eigenvalue weighted by Gasteiger charge is 2.29. The minimum Gasteiger partial charge on any atom is -0.345 e. The van der Waals surface area contributed by atoms with Gasteiger partial charge >= 0.3 is 0 Å². The second-order valence-corrected chi connectivity index (χ2v) is 7.68. The Hall–Kier alpha value is -0.720. The summed E-state index contributed by atoms with van der Waals surface area (Å²) >= 11 is 0. The van der Waals surface area contributed by atoms with Crippen LogP contribution in [0.4, 0.5) is 0 Å². The number of hydrogen-bond acceptors (Lipinski definition) is 0. The van der Waals surface area contributed by atoms with E-state index < -0.39 is 0 Å². The van der Waals surface area contributed by atoms with Crippen LogP contribution in [-0.4, -0.2) is 4.57 Å². The third kappa shape index (κ3) is 4.18. The second kappa shape index (κ2) is 8.79. The van der Waals surface area contributed by atoms with E-state index in [-0.39, 0.29) is 0 Å². The normalized spacial score (nSPS) is 11.9. The zero-order valence-electron chi connectivity index (χ0n) is 17.3. The van der Waals surface area contributed by atoms with Crippen molar-refractivity contribution >= 4 is 0 Å². The largest absolute Gasteiger partial charge is 0.345 e. The van der Waals surface area contributed by atoms with Gasteiger partial charge in [0.15, 0.2) is 0 Å². The molecule has 0 N–H and O–H groups in total. The van der Waals surface area contributed by atoms with Gasteiger partial charge in [-0.05, 0) is 48.6 Å². The van der Waals surface area contributed by atoms with Crippen molar-refractivity contribution in [2.75, 3.05) is 0 Å². The molecule has 22 heavy (non-hydrogen) atoms. The maximum absolute atomic E-state index is 2.64. The lowest BCUT2D eigenvalue weighted by Crippen LogP contribution is -2.13. The quantitative estimate of drug-likeness (QED) is 0.528. The maximum Gasteiger partial charge on any atom is 0.0279 e. The first-order valence-electron chi connectivity index (χ1n) is 9.38. The fourth-order valence-corrected chi connectivity index (χ4v) is 3.61. The van der Waals surface area contributed by atoms with Crippen LogP contribution in [0.25, 0.3) is 0 Å². The van der Waals surface area contributed by atoms with Crippen LogP contribution < -0.4 is 0 Å². The van der Waals surface area contributed by atoms with E-state index in [1.165, 1.54) is 0 Å². The first-order chi connectivity index (χ1) is 10.1. The van der Waals surface area contributed by atoms with Crippen LogP contribution in [-0.2, 0) is 0 Å². The summed E-state index contributed by atoms with van der Waals surface area (Å²) in [4.78, 5) is 0. The summed E-state index contributed by atoms with van der Waals surface area (Å²) in [5, 5.41) is 0. The van der Waals surface area contributed by atoms with Crippen molar-refractivity contribution in [1.82, 2.24) is 4.57 Å². The smallest absolute Gasteiger partial charge is 0.0279 e. The molecule has 0 fully saturated rings. The molecule has 0 amide bonds. The first-order valence-corrected chi connectivity index (χ1v) is 9.38. The van der Waals surface area contributed by atoms with E-state index in [1.807, 2.05) is 13.8 Å². The predicted molar refractivity (Wildman–Crippen MR) is 103 cm³/mol. The standard InChI is InChI=1S/C19H35N.C2H6/c1-11(2)16-17(12(3)4)19(14(7)8)20(15(9)10)18(16)13(5)6;1-2/h11-15H,1-10H3;1-2H3. The van der Waals surface area contributed by atoms with E-state index in [1.54, 1.807) is 22.5 Å². The molecule has 0 aliphatic heterocycles. The van der Waals surface area contributed by atoms with Gasteiger partial charge in [0.1, 0.15) is 0 Å². The predicted octanol–water partition coefficient (Wildman–Crippen LogP) is 7.59. The average molecular weight is 308 g/mol. The van der Waals surface area contributed by atoms with Crippen LogP contribution in [0.5, 0.6) is 0 Å². The van der Waals surface area contributed by atoms with E-state index >= 15 is 0 Å². The molecule has 0 saturated heterocycles. The summed E-state index contributed by atoms with van der Waals surface area (Å²) in [6, 6.07) is 0.537. The zero-order chi connectivity index (χ0) is 17.8. The van der Waals surface area contributed by atoms with E-state index in [0.717, 1.165) is 0 Å². The molecule has 0 atom stereocenters. The summed E-state index contributed by atoms with van der Waals surface area (Å²) in [5.74, 6) is 2.36. The van der Waals surface area contributed by atoms with Gasteiger partial charge in [0.2, 0.25) is 0 Å². The van der Waals surface area contributed by atoms with Gasteiger partial charge in [0.25, 0.3) is 0 Å². The fourth-order valence-electron chi connectivity index (χ4n) is 3.61. The molecule has 0 spiro atoms. The molecule has 0 aliphatic carbocycles. The Labute approximate surface area is 140 Å². The van der Waals surface area contributed by atoms with Crippen LogP contribution >= 0.6 is 0 Å². The molecule has 1 heteroatoms. The Morgan fingerprint density at radius 3 is 0.909 bits per heavy atom. The fraction of sp³-hybridized carbons (Fsp3) is 0.810. The van der Waals surface area contributed by atoms with Gasteiger partial charge in [-0.25, -0.2) is 0 Å². The monoisotopic (exact) mass is 307 g/mol. The summed E-state index contributed by atoms with van der Waals surface area (Å²) < 4.78 is 2.64. The maximum atomic E-state index is 2.64. The molecule has 1 aromatic rings. The van der Waals surface area contributed by atoms with Crippen LogP contribution in [0.3, 0.4) is 0 Å². The lowest BCUT2D eigenvalue weighted by Gasteiger charge is -2.22. The van der Waals surface area contributed by atoms with Gasteiger partial charge in [-0.15, -0.1) is 0 Å². The molecule has 0 aromatic carbocycles. The molecule has 0 radical (unpaired) electrons. The molecular formula is C21H41N.